The van der Waals surface area contributed by atoms with Gasteiger partial charge in [0.1, 0.15) is 0 Å². The van der Waals surface area contributed by atoms with Crippen molar-refractivity contribution in [3.8, 4) is 0 Å². The van der Waals surface area contributed by atoms with Gasteiger partial charge < -0.3 is 4.74 Å². The van der Waals surface area contributed by atoms with Crippen molar-refractivity contribution in [2.75, 3.05) is 32.8 Å². The Kier molecular flexibility index (Phi) is 5.54. The van der Waals surface area contributed by atoms with Crippen molar-refractivity contribution in [2.45, 2.75) is 39.0 Å². The van der Waals surface area contributed by atoms with Crippen LogP contribution >= 0.6 is 0 Å². The van der Waals surface area contributed by atoms with Crippen LogP contribution in [0.1, 0.15) is 37.8 Å². The SMILES string of the molecule is CCC(CC)(C(=O)CN1CCOCC1)c1ccc(C)cc1. The molecule has 1 aromatic rings. The first kappa shape index (κ1) is 16.2. The molecule has 3 heteroatoms. The Morgan fingerprint density at radius 1 is 1.14 bits per heavy atom. The number of aryl methyl sites for hydroxylation is 1. The molecular weight excluding hydrogens is 262 g/mol. The van der Waals surface area contributed by atoms with Crippen molar-refractivity contribution < 1.29 is 9.53 Å². The minimum atomic E-state index is -0.341. The minimum Gasteiger partial charge on any atom is -0.379 e. The second-order valence-electron chi connectivity index (χ2n) is 5.97. The highest BCUT2D eigenvalue weighted by molar-refractivity contribution is 5.91. The lowest BCUT2D eigenvalue weighted by atomic mass is 9.72. The third-order valence-corrected chi connectivity index (χ3v) is 4.82. The first-order valence-electron chi connectivity index (χ1n) is 8.03. The van der Waals surface area contributed by atoms with E-state index >= 15 is 0 Å². The van der Waals surface area contributed by atoms with Crippen LogP contribution in [-0.4, -0.2) is 43.5 Å². The molecule has 3 nitrogen and oxygen atoms in total. The number of rotatable bonds is 6. The van der Waals surface area contributed by atoms with Gasteiger partial charge in [0.25, 0.3) is 0 Å². The van der Waals surface area contributed by atoms with Gasteiger partial charge in [-0.2, -0.15) is 0 Å². The second kappa shape index (κ2) is 7.19. The van der Waals surface area contributed by atoms with Crippen LogP contribution in [0, 0.1) is 6.92 Å². The van der Waals surface area contributed by atoms with E-state index in [4.69, 9.17) is 4.74 Å². The van der Waals surface area contributed by atoms with Crippen LogP contribution in [0.4, 0.5) is 0 Å². The van der Waals surface area contributed by atoms with Gasteiger partial charge in [-0.1, -0.05) is 43.7 Å². The van der Waals surface area contributed by atoms with Gasteiger partial charge in [0, 0.05) is 13.1 Å². The van der Waals surface area contributed by atoms with Gasteiger partial charge in [-0.05, 0) is 25.3 Å². The van der Waals surface area contributed by atoms with Crippen LogP contribution < -0.4 is 0 Å². The molecule has 0 saturated carbocycles. The first-order valence-corrected chi connectivity index (χ1v) is 8.03. The fourth-order valence-electron chi connectivity index (χ4n) is 3.20. The lowest BCUT2D eigenvalue weighted by Gasteiger charge is -2.34. The fourth-order valence-corrected chi connectivity index (χ4v) is 3.20. The zero-order valence-electron chi connectivity index (χ0n) is 13.5. The van der Waals surface area contributed by atoms with Crippen molar-refractivity contribution in [2.24, 2.45) is 0 Å². The molecule has 0 amide bonds. The number of ether oxygens (including phenoxy) is 1. The summed E-state index contributed by atoms with van der Waals surface area (Å²) in [5.41, 5.74) is 2.06. The largest absolute Gasteiger partial charge is 0.379 e. The summed E-state index contributed by atoms with van der Waals surface area (Å²) in [4.78, 5) is 15.2. The fraction of sp³-hybridized carbons (Fsp3) is 0.611. The van der Waals surface area contributed by atoms with Gasteiger partial charge in [0.2, 0.25) is 0 Å². The molecule has 1 aromatic carbocycles. The lowest BCUT2D eigenvalue weighted by Crippen LogP contribution is -2.46. The summed E-state index contributed by atoms with van der Waals surface area (Å²) in [7, 11) is 0. The molecule has 0 N–H and O–H groups in total. The van der Waals surface area contributed by atoms with Gasteiger partial charge in [-0.25, -0.2) is 0 Å². The predicted molar refractivity (Wildman–Crippen MR) is 85.7 cm³/mol. The Hall–Kier alpha value is -1.19. The van der Waals surface area contributed by atoms with E-state index in [0.29, 0.717) is 12.3 Å². The molecule has 1 aliphatic heterocycles. The number of Topliss-reactive ketones (excluding diaryl/α,β-unsaturated/α-hetero) is 1. The van der Waals surface area contributed by atoms with Crippen molar-refractivity contribution in [1.82, 2.24) is 4.90 Å². The summed E-state index contributed by atoms with van der Waals surface area (Å²) < 4.78 is 5.36. The Morgan fingerprint density at radius 2 is 1.71 bits per heavy atom. The smallest absolute Gasteiger partial charge is 0.157 e. The maximum atomic E-state index is 13.0. The van der Waals surface area contributed by atoms with Gasteiger partial charge in [-0.3, -0.25) is 9.69 Å². The summed E-state index contributed by atoms with van der Waals surface area (Å²) in [6.07, 6.45) is 1.71. The van der Waals surface area contributed by atoms with Crippen molar-refractivity contribution in [3.05, 3.63) is 35.4 Å². The van der Waals surface area contributed by atoms with E-state index in [2.05, 4.69) is 49.9 Å². The zero-order chi connectivity index (χ0) is 15.3. The zero-order valence-corrected chi connectivity index (χ0v) is 13.5. The standard InChI is InChI=1S/C18H27NO2/c1-4-18(5-2,16-8-6-15(3)7-9-16)17(20)14-19-10-12-21-13-11-19/h6-9H,4-5,10-14H2,1-3H3. The maximum absolute atomic E-state index is 13.0. The monoisotopic (exact) mass is 289 g/mol. The summed E-state index contributed by atoms with van der Waals surface area (Å²) in [5, 5.41) is 0. The van der Waals surface area contributed by atoms with Crippen LogP contribution in [0.5, 0.6) is 0 Å². The number of hydrogen-bond donors (Lipinski definition) is 0. The molecule has 116 valence electrons. The van der Waals surface area contributed by atoms with E-state index in [0.717, 1.165) is 44.7 Å². The molecule has 0 unspecified atom stereocenters. The normalized spacial score (nSPS) is 16.9. The molecule has 0 atom stereocenters. The Labute approximate surface area is 128 Å². The quantitative estimate of drug-likeness (QED) is 0.806. The number of morpholine rings is 1. The van der Waals surface area contributed by atoms with Gasteiger partial charge in [-0.15, -0.1) is 0 Å². The number of ketones is 1. The Morgan fingerprint density at radius 3 is 2.24 bits per heavy atom. The maximum Gasteiger partial charge on any atom is 0.157 e. The van der Waals surface area contributed by atoms with Crippen LogP contribution in [0.25, 0.3) is 0 Å². The number of benzene rings is 1. The predicted octanol–water partition coefficient (Wildman–Crippen LogP) is 2.95. The highest BCUT2D eigenvalue weighted by Gasteiger charge is 2.37. The highest BCUT2D eigenvalue weighted by atomic mass is 16.5. The minimum absolute atomic E-state index is 0.341. The van der Waals surface area contributed by atoms with Crippen molar-refractivity contribution in [3.63, 3.8) is 0 Å². The van der Waals surface area contributed by atoms with Gasteiger partial charge in [0.15, 0.2) is 5.78 Å². The molecule has 1 heterocycles. The van der Waals surface area contributed by atoms with E-state index in [1.54, 1.807) is 0 Å². The summed E-state index contributed by atoms with van der Waals surface area (Å²) in [5.74, 6) is 0.346. The average molecular weight is 289 g/mol. The van der Waals surface area contributed by atoms with Crippen LogP contribution in [-0.2, 0) is 14.9 Å². The van der Waals surface area contributed by atoms with Crippen molar-refractivity contribution >= 4 is 5.78 Å². The molecule has 1 aliphatic rings. The van der Waals surface area contributed by atoms with E-state index in [1.165, 1.54) is 5.56 Å². The van der Waals surface area contributed by atoms with Crippen LogP contribution in [0.2, 0.25) is 0 Å². The molecule has 1 saturated heterocycles. The van der Waals surface area contributed by atoms with Crippen LogP contribution in [0.15, 0.2) is 24.3 Å². The topological polar surface area (TPSA) is 29.5 Å². The van der Waals surface area contributed by atoms with E-state index < -0.39 is 0 Å². The highest BCUT2D eigenvalue weighted by Crippen LogP contribution is 2.33. The molecule has 0 spiro atoms. The third kappa shape index (κ3) is 3.53. The molecule has 21 heavy (non-hydrogen) atoms. The third-order valence-electron chi connectivity index (χ3n) is 4.82. The molecular formula is C18H27NO2. The summed E-state index contributed by atoms with van der Waals surface area (Å²) in [6, 6.07) is 8.47. The molecule has 0 aliphatic carbocycles. The number of carbonyl (C=O) groups is 1. The first-order chi connectivity index (χ1) is 10.1. The number of carbonyl (C=O) groups excluding carboxylic acids is 1. The Bertz CT molecular complexity index is 457. The average Bonchev–Trinajstić information content (AvgIpc) is 2.52. The summed E-state index contributed by atoms with van der Waals surface area (Å²) in [6.45, 7) is 10.1. The molecule has 0 bridgehead atoms. The lowest BCUT2D eigenvalue weighted by molar-refractivity contribution is -0.127. The van der Waals surface area contributed by atoms with Gasteiger partial charge >= 0.3 is 0 Å². The van der Waals surface area contributed by atoms with Crippen molar-refractivity contribution in [1.29, 1.82) is 0 Å². The Balaban J connectivity index is 2.19. The number of nitrogens with zero attached hydrogens (tertiary/aromatic N) is 1. The van der Waals surface area contributed by atoms with E-state index in [1.807, 2.05) is 0 Å². The molecule has 1 fully saturated rings. The molecule has 2 rings (SSSR count). The molecule has 0 radical (unpaired) electrons. The van der Waals surface area contributed by atoms with Crippen LogP contribution in [0.3, 0.4) is 0 Å². The number of hydrogen-bond acceptors (Lipinski definition) is 3. The summed E-state index contributed by atoms with van der Waals surface area (Å²) >= 11 is 0. The molecule has 0 aromatic heterocycles. The van der Waals surface area contributed by atoms with E-state index in [-0.39, 0.29) is 5.41 Å². The second-order valence-corrected chi connectivity index (χ2v) is 5.97. The van der Waals surface area contributed by atoms with Gasteiger partial charge in [0.05, 0.1) is 25.2 Å². The van der Waals surface area contributed by atoms with E-state index in [9.17, 15) is 4.79 Å².